The number of rotatable bonds is 8. The first-order valence-electron chi connectivity index (χ1n) is 9.33. The Kier molecular flexibility index (Phi) is 6.95. The maximum absolute atomic E-state index is 12.9. The summed E-state index contributed by atoms with van der Waals surface area (Å²) < 4.78 is 10.8. The Hall–Kier alpha value is -3.67. The average Bonchev–Trinajstić information content (AvgIpc) is 2.75. The molecule has 0 fully saturated rings. The van der Waals surface area contributed by atoms with Gasteiger partial charge in [-0.3, -0.25) is 19.5 Å². The molecule has 0 saturated carbocycles. The molecule has 29 heavy (non-hydrogen) atoms. The van der Waals surface area contributed by atoms with Gasteiger partial charge in [0.2, 0.25) is 5.91 Å². The zero-order valence-corrected chi connectivity index (χ0v) is 16.2. The number of amides is 1. The number of hydrogen-bond donors (Lipinski definition) is 0. The summed E-state index contributed by atoms with van der Waals surface area (Å²) in [4.78, 5) is 30.3. The first-order valence-corrected chi connectivity index (χ1v) is 9.33. The lowest BCUT2D eigenvalue weighted by atomic mass is 10.1. The maximum Gasteiger partial charge on any atom is 0.326 e. The van der Waals surface area contributed by atoms with Gasteiger partial charge in [-0.25, -0.2) is 0 Å². The molecule has 0 bridgehead atoms. The van der Waals surface area contributed by atoms with Crippen molar-refractivity contribution in [3.63, 3.8) is 0 Å². The summed E-state index contributed by atoms with van der Waals surface area (Å²) in [5, 5.41) is 0. The van der Waals surface area contributed by atoms with Gasteiger partial charge in [0.05, 0.1) is 24.9 Å². The second-order valence-corrected chi connectivity index (χ2v) is 6.23. The molecule has 1 amide bonds. The van der Waals surface area contributed by atoms with Crippen molar-refractivity contribution in [3.05, 3.63) is 84.7 Å². The molecule has 1 heterocycles. The van der Waals surface area contributed by atoms with Crippen molar-refractivity contribution in [2.45, 2.75) is 13.3 Å². The fraction of sp³-hybridized carbons (Fsp3) is 0.174. The number of nitrogens with zero attached hydrogens (tertiary/aromatic N) is 2. The topological polar surface area (TPSA) is 68.7 Å². The molecule has 6 nitrogen and oxygen atoms in total. The van der Waals surface area contributed by atoms with E-state index in [1.54, 1.807) is 31.5 Å². The van der Waals surface area contributed by atoms with Crippen LogP contribution in [-0.2, 0) is 20.7 Å². The number of carbonyl (C=O) groups excluding carboxylic acids is 2. The Morgan fingerprint density at radius 1 is 0.931 bits per heavy atom. The SMILES string of the molecule is CCOC(=O)CN(C(=O)Cc1ccc(Oc2ccccc2)cc1)c1cccnc1. The minimum atomic E-state index is -0.462. The molecule has 0 spiro atoms. The molecule has 0 atom stereocenters. The summed E-state index contributed by atoms with van der Waals surface area (Å²) in [6.07, 6.45) is 3.30. The van der Waals surface area contributed by atoms with Gasteiger partial charge in [0.25, 0.3) is 0 Å². The zero-order chi connectivity index (χ0) is 20.5. The molecule has 0 aliphatic rings. The Morgan fingerprint density at radius 3 is 2.31 bits per heavy atom. The van der Waals surface area contributed by atoms with Crippen LogP contribution in [0.25, 0.3) is 0 Å². The highest BCUT2D eigenvalue weighted by Crippen LogP contribution is 2.22. The number of pyridine rings is 1. The number of ether oxygens (including phenoxy) is 2. The second-order valence-electron chi connectivity index (χ2n) is 6.23. The lowest BCUT2D eigenvalue weighted by Crippen LogP contribution is -2.37. The molecule has 3 rings (SSSR count). The van der Waals surface area contributed by atoms with Crippen LogP contribution in [0.5, 0.6) is 11.5 Å². The van der Waals surface area contributed by atoms with Gasteiger partial charge in [0, 0.05) is 6.20 Å². The highest BCUT2D eigenvalue weighted by Gasteiger charge is 2.20. The minimum Gasteiger partial charge on any atom is -0.465 e. The van der Waals surface area contributed by atoms with E-state index < -0.39 is 5.97 Å². The molecular weight excluding hydrogens is 368 g/mol. The Balaban J connectivity index is 1.69. The van der Waals surface area contributed by atoms with Gasteiger partial charge in [0.1, 0.15) is 18.0 Å². The fourth-order valence-electron chi connectivity index (χ4n) is 2.74. The van der Waals surface area contributed by atoms with E-state index in [9.17, 15) is 9.59 Å². The first-order chi connectivity index (χ1) is 14.2. The second kappa shape index (κ2) is 10.0. The highest BCUT2D eigenvalue weighted by atomic mass is 16.5. The number of benzene rings is 2. The number of para-hydroxylation sites is 1. The van der Waals surface area contributed by atoms with Gasteiger partial charge in [0.15, 0.2) is 0 Å². The third-order valence-electron chi connectivity index (χ3n) is 4.11. The molecular formula is C23H22N2O4. The number of hydrogen-bond acceptors (Lipinski definition) is 5. The van der Waals surface area contributed by atoms with E-state index in [1.807, 2.05) is 54.6 Å². The lowest BCUT2D eigenvalue weighted by molar-refractivity contribution is -0.142. The van der Waals surface area contributed by atoms with Gasteiger partial charge < -0.3 is 9.47 Å². The van der Waals surface area contributed by atoms with E-state index in [0.29, 0.717) is 11.4 Å². The summed E-state index contributed by atoms with van der Waals surface area (Å²) in [6.45, 7) is 1.83. The van der Waals surface area contributed by atoms with E-state index >= 15 is 0 Å². The summed E-state index contributed by atoms with van der Waals surface area (Å²) >= 11 is 0. The van der Waals surface area contributed by atoms with Crippen LogP contribution in [0.4, 0.5) is 5.69 Å². The average molecular weight is 390 g/mol. The normalized spacial score (nSPS) is 10.2. The predicted octanol–water partition coefficient (Wildman–Crippen LogP) is 4.01. The van der Waals surface area contributed by atoms with Crippen LogP contribution < -0.4 is 9.64 Å². The van der Waals surface area contributed by atoms with E-state index in [1.165, 1.54) is 4.90 Å². The van der Waals surface area contributed by atoms with E-state index in [2.05, 4.69) is 4.98 Å². The van der Waals surface area contributed by atoms with Crippen LogP contribution in [0.15, 0.2) is 79.1 Å². The smallest absolute Gasteiger partial charge is 0.326 e. The summed E-state index contributed by atoms with van der Waals surface area (Å²) in [6, 6.07) is 20.2. The van der Waals surface area contributed by atoms with Crippen molar-refractivity contribution in [1.29, 1.82) is 0 Å². The third-order valence-corrected chi connectivity index (χ3v) is 4.11. The van der Waals surface area contributed by atoms with Crippen LogP contribution in [0.1, 0.15) is 12.5 Å². The van der Waals surface area contributed by atoms with Crippen molar-refractivity contribution in [1.82, 2.24) is 4.98 Å². The predicted molar refractivity (Wildman–Crippen MR) is 110 cm³/mol. The molecule has 0 radical (unpaired) electrons. The van der Waals surface area contributed by atoms with Gasteiger partial charge in [-0.05, 0) is 48.9 Å². The van der Waals surface area contributed by atoms with Gasteiger partial charge >= 0.3 is 5.97 Å². The zero-order valence-electron chi connectivity index (χ0n) is 16.2. The minimum absolute atomic E-state index is 0.139. The number of esters is 1. The van der Waals surface area contributed by atoms with Crippen molar-refractivity contribution in [3.8, 4) is 11.5 Å². The molecule has 0 saturated heterocycles. The molecule has 148 valence electrons. The van der Waals surface area contributed by atoms with Crippen LogP contribution in [-0.4, -0.2) is 30.0 Å². The standard InChI is InChI=1S/C23H22N2O4/c1-2-28-23(27)17-25(19-7-6-14-24-16-19)22(26)15-18-10-12-21(13-11-18)29-20-8-4-3-5-9-20/h3-14,16H,2,15,17H2,1H3. The number of aromatic nitrogens is 1. The molecule has 0 unspecified atom stereocenters. The Morgan fingerprint density at radius 2 is 1.66 bits per heavy atom. The highest BCUT2D eigenvalue weighted by molar-refractivity contribution is 5.98. The van der Waals surface area contributed by atoms with Crippen molar-refractivity contribution in [2.24, 2.45) is 0 Å². The third kappa shape index (κ3) is 5.90. The molecule has 3 aromatic rings. The molecule has 0 aliphatic heterocycles. The van der Waals surface area contributed by atoms with Gasteiger partial charge in [-0.1, -0.05) is 30.3 Å². The summed E-state index contributed by atoms with van der Waals surface area (Å²) in [5.74, 6) is 0.746. The summed E-state index contributed by atoms with van der Waals surface area (Å²) in [7, 11) is 0. The van der Waals surface area contributed by atoms with E-state index in [4.69, 9.17) is 9.47 Å². The van der Waals surface area contributed by atoms with Crippen LogP contribution in [0.2, 0.25) is 0 Å². The number of anilines is 1. The Labute approximate surface area is 169 Å². The molecule has 2 aromatic carbocycles. The van der Waals surface area contributed by atoms with Crippen LogP contribution in [0, 0.1) is 0 Å². The van der Waals surface area contributed by atoms with Crippen LogP contribution in [0.3, 0.4) is 0 Å². The van der Waals surface area contributed by atoms with Crippen LogP contribution >= 0.6 is 0 Å². The maximum atomic E-state index is 12.9. The largest absolute Gasteiger partial charge is 0.465 e. The first kappa shape index (κ1) is 20.1. The van der Waals surface area contributed by atoms with Crippen molar-refractivity contribution in [2.75, 3.05) is 18.1 Å². The van der Waals surface area contributed by atoms with Gasteiger partial charge in [-0.2, -0.15) is 0 Å². The fourth-order valence-corrected chi connectivity index (χ4v) is 2.74. The van der Waals surface area contributed by atoms with E-state index in [-0.39, 0.29) is 25.5 Å². The van der Waals surface area contributed by atoms with E-state index in [0.717, 1.165) is 11.3 Å². The monoisotopic (exact) mass is 390 g/mol. The quantitative estimate of drug-likeness (QED) is 0.544. The number of carbonyl (C=O) groups is 2. The van der Waals surface area contributed by atoms with Gasteiger partial charge in [-0.15, -0.1) is 0 Å². The van der Waals surface area contributed by atoms with Crippen molar-refractivity contribution >= 4 is 17.6 Å². The van der Waals surface area contributed by atoms with Crippen molar-refractivity contribution < 1.29 is 19.1 Å². The molecule has 1 aromatic heterocycles. The summed E-state index contributed by atoms with van der Waals surface area (Å²) in [5.41, 5.74) is 1.36. The molecule has 0 aliphatic carbocycles. The molecule has 0 N–H and O–H groups in total. The lowest BCUT2D eigenvalue weighted by Gasteiger charge is -2.21. The molecule has 6 heteroatoms. The Bertz CT molecular complexity index is 928.